The number of carbonyl (C=O) groups is 1. The molecule has 1 saturated carbocycles. The van der Waals surface area contributed by atoms with Crippen LogP contribution in [0.5, 0.6) is 0 Å². The summed E-state index contributed by atoms with van der Waals surface area (Å²) in [6.07, 6.45) is 0.898. The number of benzene rings is 3. The highest BCUT2D eigenvalue weighted by molar-refractivity contribution is 5.94. The van der Waals surface area contributed by atoms with Crippen molar-refractivity contribution >= 4 is 11.6 Å². The average Bonchev–Trinajstić information content (AvgIpc) is 3.65. The summed E-state index contributed by atoms with van der Waals surface area (Å²) in [5.74, 6) is -1.35. The van der Waals surface area contributed by atoms with Crippen LogP contribution in [-0.2, 0) is 6.54 Å². The molecule has 2 atom stereocenters. The molecule has 1 N–H and O–H groups in total. The Bertz CT molecular complexity index is 1130. The smallest absolute Gasteiger partial charge is 0.253 e. The number of nitrogens with zero attached hydrogens (tertiary/aromatic N) is 2. The first-order valence-corrected chi connectivity index (χ1v) is 11.4. The molecule has 33 heavy (non-hydrogen) atoms. The van der Waals surface area contributed by atoms with Crippen molar-refractivity contribution in [1.82, 2.24) is 10.2 Å². The maximum absolute atomic E-state index is 13.5. The molecule has 6 heteroatoms. The summed E-state index contributed by atoms with van der Waals surface area (Å²) in [4.78, 5) is 17.3. The van der Waals surface area contributed by atoms with Crippen LogP contribution in [-0.4, -0.2) is 43.0 Å². The average molecular weight is 448 g/mol. The van der Waals surface area contributed by atoms with Gasteiger partial charge < -0.3 is 15.1 Å². The predicted octanol–water partition coefficient (Wildman–Crippen LogP) is 4.57. The van der Waals surface area contributed by atoms with Crippen LogP contribution in [0.15, 0.2) is 72.8 Å². The molecule has 2 fully saturated rings. The van der Waals surface area contributed by atoms with Crippen molar-refractivity contribution in [2.75, 3.05) is 31.1 Å². The van der Waals surface area contributed by atoms with Gasteiger partial charge in [0.15, 0.2) is 11.6 Å². The molecule has 0 bridgehead atoms. The number of piperazine rings is 1. The minimum Gasteiger partial charge on any atom is -0.368 e. The second-order valence-corrected chi connectivity index (χ2v) is 8.82. The molecule has 0 unspecified atom stereocenters. The molecule has 5 rings (SSSR count). The zero-order chi connectivity index (χ0) is 22.8. The van der Waals surface area contributed by atoms with E-state index < -0.39 is 11.6 Å². The van der Waals surface area contributed by atoms with Crippen LogP contribution in [0.3, 0.4) is 0 Å². The fourth-order valence-electron chi connectivity index (χ4n) is 4.58. The van der Waals surface area contributed by atoms with Crippen molar-refractivity contribution < 1.29 is 13.6 Å². The first-order chi connectivity index (χ1) is 16.1. The second-order valence-electron chi connectivity index (χ2n) is 8.82. The van der Waals surface area contributed by atoms with Crippen LogP contribution in [0, 0.1) is 11.6 Å². The molecule has 2 aliphatic rings. The Kier molecular flexibility index (Phi) is 6.09. The van der Waals surface area contributed by atoms with Gasteiger partial charge in [0.2, 0.25) is 0 Å². The van der Waals surface area contributed by atoms with Gasteiger partial charge in [-0.05, 0) is 53.9 Å². The highest BCUT2D eigenvalue weighted by Gasteiger charge is 2.38. The lowest BCUT2D eigenvalue weighted by Gasteiger charge is -2.36. The lowest BCUT2D eigenvalue weighted by atomic mass is 10.1. The van der Waals surface area contributed by atoms with Gasteiger partial charge >= 0.3 is 0 Å². The third-order valence-corrected chi connectivity index (χ3v) is 6.59. The number of amides is 1. The van der Waals surface area contributed by atoms with Crippen molar-refractivity contribution in [1.29, 1.82) is 0 Å². The minimum absolute atomic E-state index is 0.0654. The molecule has 3 aromatic carbocycles. The first kappa shape index (κ1) is 21.6. The van der Waals surface area contributed by atoms with Gasteiger partial charge in [0.1, 0.15) is 0 Å². The fraction of sp³-hybridized carbons (Fsp3) is 0.296. The molecule has 3 aromatic rings. The fourth-order valence-corrected chi connectivity index (χ4v) is 4.58. The number of hydrogen-bond acceptors (Lipinski definition) is 3. The Labute approximate surface area is 192 Å². The molecule has 1 heterocycles. The van der Waals surface area contributed by atoms with Gasteiger partial charge in [0.25, 0.3) is 5.91 Å². The summed E-state index contributed by atoms with van der Waals surface area (Å²) < 4.78 is 26.7. The van der Waals surface area contributed by atoms with Crippen LogP contribution in [0.1, 0.15) is 33.8 Å². The number of carbonyl (C=O) groups excluding carboxylic acids is 1. The van der Waals surface area contributed by atoms with Crippen LogP contribution in [0.25, 0.3) is 0 Å². The molecule has 170 valence electrons. The van der Waals surface area contributed by atoms with Gasteiger partial charge in [-0.25, -0.2) is 8.78 Å². The van der Waals surface area contributed by atoms with E-state index in [2.05, 4.69) is 22.3 Å². The highest BCUT2D eigenvalue weighted by atomic mass is 19.2. The van der Waals surface area contributed by atoms with E-state index in [1.165, 1.54) is 17.8 Å². The van der Waals surface area contributed by atoms with E-state index in [0.717, 1.165) is 30.6 Å². The summed E-state index contributed by atoms with van der Waals surface area (Å²) in [6, 6.07) is 22.4. The van der Waals surface area contributed by atoms with Gasteiger partial charge in [0.05, 0.1) is 0 Å². The second kappa shape index (κ2) is 9.32. The van der Waals surface area contributed by atoms with Crippen molar-refractivity contribution in [3.8, 4) is 0 Å². The standard InChI is InChI=1S/C27H27F2N3O/c28-24-10-9-20(16-25(24)29)23-17-26(23)30-18-19-5-4-6-21(15-19)27(33)32-13-11-31(12-14-32)22-7-2-1-3-8-22/h1-10,15-16,23,26,30H,11-14,17-18H2/t23-,26+/m0/s1. The van der Waals surface area contributed by atoms with Crippen molar-refractivity contribution in [2.24, 2.45) is 0 Å². The molecule has 0 spiro atoms. The Morgan fingerprint density at radius 1 is 0.879 bits per heavy atom. The maximum Gasteiger partial charge on any atom is 0.253 e. The minimum atomic E-state index is -0.813. The number of anilines is 1. The van der Waals surface area contributed by atoms with Crippen LogP contribution < -0.4 is 10.2 Å². The van der Waals surface area contributed by atoms with Gasteiger partial charge in [-0.2, -0.15) is 0 Å². The van der Waals surface area contributed by atoms with E-state index in [0.29, 0.717) is 25.2 Å². The van der Waals surface area contributed by atoms with Crippen molar-refractivity contribution in [3.05, 3.63) is 101 Å². The monoisotopic (exact) mass is 447 g/mol. The zero-order valence-corrected chi connectivity index (χ0v) is 18.4. The largest absolute Gasteiger partial charge is 0.368 e. The molecule has 4 nitrogen and oxygen atoms in total. The molecule has 1 saturated heterocycles. The Hall–Kier alpha value is -3.25. The van der Waals surface area contributed by atoms with Crippen LogP contribution >= 0.6 is 0 Å². The van der Waals surface area contributed by atoms with Crippen LogP contribution in [0.2, 0.25) is 0 Å². The lowest BCUT2D eigenvalue weighted by Crippen LogP contribution is -2.48. The number of halogens is 2. The summed E-state index contributed by atoms with van der Waals surface area (Å²) in [6.45, 7) is 3.68. The van der Waals surface area contributed by atoms with E-state index in [9.17, 15) is 13.6 Å². The number of para-hydroxylation sites is 1. The molecule has 1 aliphatic heterocycles. The molecular formula is C27H27F2N3O. The number of nitrogens with one attached hydrogen (secondary N) is 1. The summed E-state index contributed by atoms with van der Waals surface area (Å²) in [5, 5.41) is 3.48. The Morgan fingerprint density at radius 2 is 1.67 bits per heavy atom. The quantitative estimate of drug-likeness (QED) is 0.601. The molecule has 0 aromatic heterocycles. The Balaban J connectivity index is 1.14. The van der Waals surface area contributed by atoms with Gasteiger partial charge in [0, 0.05) is 55.9 Å². The van der Waals surface area contributed by atoms with E-state index in [1.807, 2.05) is 47.4 Å². The lowest BCUT2D eigenvalue weighted by molar-refractivity contribution is 0.0746. The topological polar surface area (TPSA) is 35.6 Å². The van der Waals surface area contributed by atoms with Gasteiger partial charge in [-0.15, -0.1) is 0 Å². The number of hydrogen-bond donors (Lipinski definition) is 1. The first-order valence-electron chi connectivity index (χ1n) is 11.4. The highest BCUT2D eigenvalue weighted by Crippen LogP contribution is 2.41. The van der Waals surface area contributed by atoms with E-state index >= 15 is 0 Å². The molecule has 1 amide bonds. The van der Waals surface area contributed by atoms with E-state index in [-0.39, 0.29) is 17.9 Å². The number of rotatable bonds is 6. The summed E-state index contributed by atoms with van der Waals surface area (Å²) in [5.41, 5.74) is 3.76. The van der Waals surface area contributed by atoms with E-state index in [1.54, 1.807) is 6.07 Å². The van der Waals surface area contributed by atoms with E-state index in [4.69, 9.17) is 0 Å². The Morgan fingerprint density at radius 3 is 2.42 bits per heavy atom. The van der Waals surface area contributed by atoms with Gasteiger partial charge in [-0.1, -0.05) is 36.4 Å². The molecular weight excluding hydrogens is 420 g/mol. The van der Waals surface area contributed by atoms with Crippen molar-refractivity contribution in [3.63, 3.8) is 0 Å². The predicted molar refractivity (Wildman–Crippen MR) is 125 cm³/mol. The van der Waals surface area contributed by atoms with Crippen molar-refractivity contribution in [2.45, 2.75) is 24.9 Å². The summed E-state index contributed by atoms with van der Waals surface area (Å²) in [7, 11) is 0. The normalized spacial score (nSPS) is 20.1. The molecule has 1 aliphatic carbocycles. The molecule has 0 radical (unpaired) electrons. The van der Waals surface area contributed by atoms with Crippen LogP contribution in [0.4, 0.5) is 14.5 Å². The summed E-state index contributed by atoms with van der Waals surface area (Å²) >= 11 is 0. The third-order valence-electron chi connectivity index (χ3n) is 6.59. The zero-order valence-electron chi connectivity index (χ0n) is 18.4. The SMILES string of the molecule is O=C(c1cccc(CN[C@@H]2C[C@H]2c2ccc(F)c(F)c2)c1)N1CCN(c2ccccc2)CC1. The van der Waals surface area contributed by atoms with Gasteiger partial charge in [-0.3, -0.25) is 4.79 Å². The maximum atomic E-state index is 13.5. The third kappa shape index (κ3) is 4.91.